The molecule has 4 aromatic rings. The molecule has 0 saturated heterocycles. The van der Waals surface area contributed by atoms with Gasteiger partial charge >= 0.3 is 0 Å². The number of nitrogens with zero attached hydrogens (tertiary/aromatic N) is 1. The summed E-state index contributed by atoms with van der Waals surface area (Å²) in [5.41, 5.74) is 4.89. The largest absolute Gasteiger partial charge is 0.322 e. The molecule has 0 radical (unpaired) electrons. The number of para-hydroxylation sites is 1. The van der Waals surface area contributed by atoms with E-state index in [9.17, 15) is 4.79 Å². The fourth-order valence-corrected chi connectivity index (χ4v) is 3.81. The summed E-state index contributed by atoms with van der Waals surface area (Å²) in [5, 5.41) is 3.93. The predicted octanol–water partition coefficient (Wildman–Crippen LogP) is 5.92. The van der Waals surface area contributed by atoms with Gasteiger partial charge in [-0.25, -0.2) is 4.98 Å². The lowest BCUT2D eigenvalue weighted by atomic mass is 10.1. The smallest absolute Gasteiger partial charge is 0.248 e. The quantitative estimate of drug-likeness (QED) is 0.453. The fourth-order valence-electron chi connectivity index (χ4n) is 2.84. The van der Waals surface area contributed by atoms with E-state index in [1.165, 1.54) is 4.70 Å². The van der Waals surface area contributed by atoms with Crippen molar-refractivity contribution in [2.24, 2.45) is 0 Å². The molecule has 27 heavy (non-hydrogen) atoms. The molecule has 0 saturated carbocycles. The standard InChI is InChI=1S/C23H18N2OS/c1-16-15-18(23-25-20-9-5-6-10-21(20)27-23)12-13-19(16)24-22(26)14-11-17-7-3-2-4-8-17/h2-15H,1H3,(H,24,26). The number of anilines is 1. The Morgan fingerprint density at radius 3 is 2.56 bits per heavy atom. The Hall–Kier alpha value is -3.24. The van der Waals surface area contributed by atoms with Crippen molar-refractivity contribution in [1.29, 1.82) is 0 Å². The van der Waals surface area contributed by atoms with E-state index < -0.39 is 0 Å². The maximum atomic E-state index is 12.2. The van der Waals surface area contributed by atoms with E-state index in [4.69, 9.17) is 4.98 Å². The number of carbonyl (C=O) groups is 1. The lowest BCUT2D eigenvalue weighted by Gasteiger charge is -2.08. The maximum absolute atomic E-state index is 12.2. The molecule has 0 aliphatic carbocycles. The molecular formula is C23H18N2OS. The van der Waals surface area contributed by atoms with Gasteiger partial charge in [-0.15, -0.1) is 11.3 Å². The van der Waals surface area contributed by atoms with E-state index in [0.717, 1.165) is 32.9 Å². The molecule has 0 bridgehead atoms. The highest BCUT2D eigenvalue weighted by molar-refractivity contribution is 7.21. The Labute approximate surface area is 162 Å². The van der Waals surface area contributed by atoms with Crippen molar-refractivity contribution in [2.75, 3.05) is 5.32 Å². The third kappa shape index (κ3) is 3.96. The van der Waals surface area contributed by atoms with Crippen LogP contribution in [0.15, 0.2) is 78.9 Å². The minimum Gasteiger partial charge on any atom is -0.322 e. The normalized spacial score (nSPS) is 11.1. The molecule has 1 N–H and O–H groups in total. The van der Waals surface area contributed by atoms with Crippen LogP contribution in [0, 0.1) is 6.92 Å². The second-order valence-electron chi connectivity index (χ2n) is 6.25. The minimum absolute atomic E-state index is 0.144. The SMILES string of the molecule is Cc1cc(-c2nc3ccccc3s2)ccc1NC(=O)C=Cc1ccccc1. The monoisotopic (exact) mass is 370 g/mol. The molecule has 0 spiro atoms. The molecule has 1 amide bonds. The Balaban J connectivity index is 1.51. The fraction of sp³-hybridized carbons (Fsp3) is 0.0435. The minimum atomic E-state index is -0.144. The molecule has 0 fully saturated rings. The maximum Gasteiger partial charge on any atom is 0.248 e. The average molecular weight is 370 g/mol. The van der Waals surface area contributed by atoms with Gasteiger partial charge in [0.05, 0.1) is 10.2 Å². The van der Waals surface area contributed by atoms with Crippen LogP contribution in [0.2, 0.25) is 0 Å². The summed E-state index contributed by atoms with van der Waals surface area (Å²) in [6, 6.07) is 23.9. The summed E-state index contributed by atoms with van der Waals surface area (Å²) in [5.74, 6) is -0.144. The molecule has 0 aliphatic heterocycles. The highest BCUT2D eigenvalue weighted by atomic mass is 32.1. The number of hydrogen-bond acceptors (Lipinski definition) is 3. The van der Waals surface area contributed by atoms with Gasteiger partial charge in [-0.05, 0) is 54.5 Å². The van der Waals surface area contributed by atoms with Crippen LogP contribution in [0.3, 0.4) is 0 Å². The summed E-state index contributed by atoms with van der Waals surface area (Å²) < 4.78 is 1.17. The zero-order valence-corrected chi connectivity index (χ0v) is 15.7. The van der Waals surface area contributed by atoms with Crippen molar-refractivity contribution in [3.63, 3.8) is 0 Å². The van der Waals surface area contributed by atoms with E-state index in [1.54, 1.807) is 23.5 Å². The first-order chi connectivity index (χ1) is 13.2. The summed E-state index contributed by atoms with van der Waals surface area (Å²) >= 11 is 1.67. The van der Waals surface area contributed by atoms with Crippen molar-refractivity contribution in [3.05, 3.63) is 90.0 Å². The molecule has 1 heterocycles. The number of carbonyl (C=O) groups excluding carboxylic acids is 1. The zero-order valence-electron chi connectivity index (χ0n) is 14.8. The van der Waals surface area contributed by atoms with E-state index in [0.29, 0.717) is 0 Å². The number of aromatic nitrogens is 1. The van der Waals surface area contributed by atoms with E-state index in [2.05, 4.69) is 17.4 Å². The molecule has 132 valence electrons. The van der Waals surface area contributed by atoms with Crippen LogP contribution in [0.4, 0.5) is 5.69 Å². The summed E-state index contributed by atoms with van der Waals surface area (Å²) in [4.78, 5) is 16.9. The number of thiazole rings is 1. The first-order valence-corrected chi connectivity index (χ1v) is 9.51. The van der Waals surface area contributed by atoms with Crippen molar-refractivity contribution >= 4 is 39.2 Å². The Morgan fingerprint density at radius 1 is 1.00 bits per heavy atom. The van der Waals surface area contributed by atoms with Crippen LogP contribution in [0.25, 0.3) is 26.9 Å². The zero-order chi connectivity index (χ0) is 18.6. The van der Waals surface area contributed by atoms with Crippen LogP contribution in [0.5, 0.6) is 0 Å². The second-order valence-corrected chi connectivity index (χ2v) is 7.28. The van der Waals surface area contributed by atoms with Crippen molar-refractivity contribution in [1.82, 2.24) is 4.98 Å². The number of amides is 1. The summed E-state index contributed by atoms with van der Waals surface area (Å²) in [6.07, 6.45) is 3.36. The van der Waals surface area contributed by atoms with Gasteiger partial charge in [-0.3, -0.25) is 4.79 Å². The molecule has 0 unspecified atom stereocenters. The first-order valence-electron chi connectivity index (χ1n) is 8.70. The van der Waals surface area contributed by atoms with Gasteiger partial charge in [0.25, 0.3) is 0 Å². The second kappa shape index (κ2) is 7.56. The van der Waals surface area contributed by atoms with Crippen molar-refractivity contribution in [3.8, 4) is 10.6 Å². The van der Waals surface area contributed by atoms with E-state index in [-0.39, 0.29) is 5.91 Å². The molecule has 4 rings (SSSR count). The number of nitrogens with one attached hydrogen (secondary N) is 1. The van der Waals surface area contributed by atoms with Crippen LogP contribution in [-0.4, -0.2) is 10.9 Å². The molecule has 0 aliphatic rings. The molecule has 1 aromatic heterocycles. The van der Waals surface area contributed by atoms with Gasteiger partial charge < -0.3 is 5.32 Å². The van der Waals surface area contributed by atoms with Gasteiger partial charge in [0.2, 0.25) is 5.91 Å². The summed E-state index contributed by atoms with van der Waals surface area (Å²) in [6.45, 7) is 1.99. The van der Waals surface area contributed by atoms with Gasteiger partial charge in [0.1, 0.15) is 5.01 Å². The lowest BCUT2D eigenvalue weighted by molar-refractivity contribution is -0.111. The Morgan fingerprint density at radius 2 is 1.78 bits per heavy atom. The van der Waals surface area contributed by atoms with Crippen molar-refractivity contribution < 1.29 is 4.79 Å². The van der Waals surface area contributed by atoms with Gasteiger partial charge in [-0.1, -0.05) is 42.5 Å². The highest BCUT2D eigenvalue weighted by Gasteiger charge is 2.08. The lowest BCUT2D eigenvalue weighted by Crippen LogP contribution is -2.08. The van der Waals surface area contributed by atoms with Crippen LogP contribution in [0.1, 0.15) is 11.1 Å². The Bertz CT molecular complexity index is 1100. The third-order valence-electron chi connectivity index (χ3n) is 4.25. The third-order valence-corrected chi connectivity index (χ3v) is 5.34. The number of hydrogen-bond donors (Lipinski definition) is 1. The summed E-state index contributed by atoms with van der Waals surface area (Å²) in [7, 11) is 0. The van der Waals surface area contributed by atoms with Crippen LogP contribution >= 0.6 is 11.3 Å². The first kappa shape index (κ1) is 17.2. The number of rotatable bonds is 4. The van der Waals surface area contributed by atoms with Crippen LogP contribution in [-0.2, 0) is 4.79 Å². The number of benzene rings is 3. The topological polar surface area (TPSA) is 42.0 Å². The number of fused-ring (bicyclic) bond motifs is 1. The van der Waals surface area contributed by atoms with Gasteiger partial charge in [0, 0.05) is 17.3 Å². The molecule has 3 aromatic carbocycles. The predicted molar refractivity (Wildman–Crippen MR) is 114 cm³/mol. The van der Waals surface area contributed by atoms with E-state index >= 15 is 0 Å². The Kier molecular flexibility index (Phi) is 4.81. The van der Waals surface area contributed by atoms with Gasteiger partial charge in [-0.2, -0.15) is 0 Å². The van der Waals surface area contributed by atoms with Gasteiger partial charge in [0.15, 0.2) is 0 Å². The van der Waals surface area contributed by atoms with Crippen molar-refractivity contribution in [2.45, 2.75) is 6.92 Å². The van der Waals surface area contributed by atoms with E-state index in [1.807, 2.05) is 67.6 Å². The average Bonchev–Trinajstić information content (AvgIpc) is 3.13. The highest BCUT2D eigenvalue weighted by Crippen LogP contribution is 2.31. The molecular weight excluding hydrogens is 352 g/mol. The molecule has 0 atom stereocenters. The number of aryl methyl sites for hydroxylation is 1. The molecule has 3 nitrogen and oxygen atoms in total. The molecule has 4 heteroatoms. The van der Waals surface area contributed by atoms with Crippen LogP contribution < -0.4 is 5.32 Å².